The Morgan fingerprint density at radius 2 is 1.61 bits per heavy atom. The van der Waals surface area contributed by atoms with Crippen molar-refractivity contribution in [2.24, 2.45) is 52.3 Å². The van der Waals surface area contributed by atoms with Crippen molar-refractivity contribution >= 4 is 0 Å². The molecule has 4 unspecified atom stereocenters. The van der Waals surface area contributed by atoms with Crippen molar-refractivity contribution in [3.63, 3.8) is 0 Å². The quantitative estimate of drug-likeness (QED) is 0.306. The van der Waals surface area contributed by atoms with Crippen molar-refractivity contribution in [1.82, 2.24) is 10.2 Å². The first-order valence-corrected chi connectivity index (χ1v) is 16.9. The Morgan fingerprint density at radius 1 is 0.868 bits per heavy atom. The SMILES string of the molecule is CC(C)CCC[C@@H](C)[C@H]1CCC2C3C[C@@H](NCCCN4CCOCC4)C4C[C@@H](O)CC[C@]4(C)C3CC[C@@]21C. The lowest BCUT2D eigenvalue weighted by molar-refractivity contribution is -0.141. The fourth-order valence-electron chi connectivity index (χ4n) is 11.0. The Bertz CT molecular complexity index is 753. The number of aliphatic hydroxyl groups excluding tert-OH is 1. The molecule has 4 heteroatoms. The Hall–Kier alpha value is -0.160. The molecular weight excluding hydrogens is 468 g/mol. The van der Waals surface area contributed by atoms with Crippen LogP contribution in [0.2, 0.25) is 0 Å². The van der Waals surface area contributed by atoms with Gasteiger partial charge in [-0.05, 0) is 123 Å². The Morgan fingerprint density at radius 3 is 2.37 bits per heavy atom. The summed E-state index contributed by atoms with van der Waals surface area (Å²) in [5, 5.41) is 14.9. The molecule has 5 fully saturated rings. The minimum atomic E-state index is -0.0846. The largest absolute Gasteiger partial charge is 0.393 e. The normalized spacial score (nSPS) is 44.4. The molecule has 0 spiro atoms. The highest BCUT2D eigenvalue weighted by atomic mass is 16.5. The molecule has 5 rings (SSSR count). The van der Waals surface area contributed by atoms with E-state index in [2.05, 4.69) is 44.8 Å². The van der Waals surface area contributed by atoms with Crippen LogP contribution < -0.4 is 5.32 Å². The Labute approximate surface area is 235 Å². The van der Waals surface area contributed by atoms with E-state index in [0.717, 1.165) is 81.2 Å². The highest BCUT2D eigenvalue weighted by Gasteiger charge is 2.62. The number of nitrogens with one attached hydrogen (secondary N) is 1. The molecule has 0 aromatic carbocycles. The maximum absolute atomic E-state index is 10.8. The van der Waals surface area contributed by atoms with Gasteiger partial charge in [-0.1, -0.05) is 53.9 Å². The Kier molecular flexibility index (Phi) is 9.55. The van der Waals surface area contributed by atoms with Crippen LogP contribution in [-0.2, 0) is 4.74 Å². The van der Waals surface area contributed by atoms with Gasteiger partial charge in [-0.2, -0.15) is 0 Å². The van der Waals surface area contributed by atoms with Gasteiger partial charge in [0.25, 0.3) is 0 Å². The molecule has 5 aliphatic rings. The lowest BCUT2D eigenvalue weighted by Gasteiger charge is -2.63. The van der Waals surface area contributed by atoms with Crippen LogP contribution in [0.4, 0.5) is 0 Å². The first kappa shape index (κ1) is 29.3. The van der Waals surface area contributed by atoms with Crippen molar-refractivity contribution in [2.45, 2.75) is 124 Å². The van der Waals surface area contributed by atoms with E-state index >= 15 is 0 Å². The van der Waals surface area contributed by atoms with E-state index < -0.39 is 0 Å². The molecule has 1 aliphatic heterocycles. The zero-order chi connectivity index (χ0) is 26.9. The first-order chi connectivity index (χ1) is 18.2. The lowest BCUT2D eigenvalue weighted by atomic mass is 9.43. The van der Waals surface area contributed by atoms with E-state index in [-0.39, 0.29) is 6.10 Å². The monoisotopic (exact) mass is 530 g/mol. The van der Waals surface area contributed by atoms with Crippen LogP contribution in [0, 0.1) is 52.3 Å². The fraction of sp³-hybridized carbons (Fsp3) is 1.00. The second kappa shape index (κ2) is 12.4. The van der Waals surface area contributed by atoms with Gasteiger partial charge in [0, 0.05) is 19.1 Å². The van der Waals surface area contributed by atoms with E-state index in [1.165, 1.54) is 70.8 Å². The summed E-state index contributed by atoms with van der Waals surface area (Å²) in [6.45, 7) is 19.1. The summed E-state index contributed by atoms with van der Waals surface area (Å²) in [7, 11) is 0. The van der Waals surface area contributed by atoms with E-state index in [4.69, 9.17) is 4.74 Å². The molecule has 0 aromatic rings. The zero-order valence-corrected chi connectivity index (χ0v) is 25.7. The third-order valence-electron chi connectivity index (χ3n) is 13.0. The molecule has 0 radical (unpaired) electrons. The summed E-state index contributed by atoms with van der Waals surface area (Å²) in [6, 6.07) is 0.589. The van der Waals surface area contributed by atoms with Crippen LogP contribution in [0.3, 0.4) is 0 Å². The molecule has 1 saturated heterocycles. The number of ether oxygens (including phenoxy) is 1. The third kappa shape index (κ3) is 5.90. The fourth-order valence-corrected chi connectivity index (χ4v) is 11.0. The van der Waals surface area contributed by atoms with Gasteiger partial charge in [0.1, 0.15) is 0 Å². The molecule has 4 nitrogen and oxygen atoms in total. The van der Waals surface area contributed by atoms with E-state index in [1.54, 1.807) is 0 Å². The van der Waals surface area contributed by atoms with Gasteiger partial charge in [-0.25, -0.2) is 0 Å². The van der Waals surface area contributed by atoms with Gasteiger partial charge in [-0.3, -0.25) is 4.90 Å². The summed E-state index contributed by atoms with van der Waals surface area (Å²) in [5.41, 5.74) is 0.961. The topological polar surface area (TPSA) is 44.7 Å². The second-order valence-corrected chi connectivity index (χ2v) is 15.6. The molecule has 4 saturated carbocycles. The van der Waals surface area contributed by atoms with Crippen molar-refractivity contribution in [1.29, 1.82) is 0 Å². The number of aliphatic hydroxyl groups is 1. The van der Waals surface area contributed by atoms with Gasteiger partial charge < -0.3 is 15.2 Å². The highest BCUT2D eigenvalue weighted by molar-refractivity contribution is 5.12. The third-order valence-corrected chi connectivity index (χ3v) is 13.0. The maximum atomic E-state index is 10.8. The zero-order valence-electron chi connectivity index (χ0n) is 25.7. The standard InChI is InChI=1S/C34H62N2O2/c1-24(2)8-6-9-25(3)28-10-11-29-27-23-32(35-16-7-17-36-18-20-38-21-19-36)31-22-26(37)12-14-34(31,5)30(27)13-15-33(28,29)4/h24-32,35,37H,6-23H2,1-5H3/t25-,26+,27?,28-,29?,30?,31?,32-,33-,34-/m1/s1. The highest BCUT2D eigenvalue weighted by Crippen LogP contribution is 2.68. The van der Waals surface area contributed by atoms with Crippen LogP contribution in [0.5, 0.6) is 0 Å². The lowest BCUT2D eigenvalue weighted by Crippen LogP contribution is -2.61. The molecule has 220 valence electrons. The van der Waals surface area contributed by atoms with Crippen LogP contribution in [-0.4, -0.2) is 61.5 Å². The number of fused-ring (bicyclic) bond motifs is 5. The molecule has 0 amide bonds. The number of rotatable bonds is 10. The molecule has 38 heavy (non-hydrogen) atoms. The van der Waals surface area contributed by atoms with E-state index in [9.17, 15) is 5.11 Å². The minimum Gasteiger partial charge on any atom is -0.393 e. The molecule has 0 bridgehead atoms. The molecule has 10 atom stereocenters. The molecular formula is C34H62N2O2. The first-order valence-electron chi connectivity index (χ1n) is 16.9. The van der Waals surface area contributed by atoms with Gasteiger partial charge >= 0.3 is 0 Å². The summed E-state index contributed by atoms with van der Waals surface area (Å²) >= 11 is 0. The second-order valence-electron chi connectivity index (χ2n) is 15.6. The Balaban J connectivity index is 1.26. The number of hydrogen-bond donors (Lipinski definition) is 2. The average Bonchev–Trinajstić information content (AvgIpc) is 3.25. The molecule has 2 N–H and O–H groups in total. The van der Waals surface area contributed by atoms with Gasteiger partial charge in [0.2, 0.25) is 0 Å². The van der Waals surface area contributed by atoms with E-state index in [0.29, 0.717) is 22.8 Å². The molecule has 0 aromatic heterocycles. The maximum Gasteiger partial charge on any atom is 0.0594 e. The minimum absolute atomic E-state index is 0.0846. The summed E-state index contributed by atoms with van der Waals surface area (Å²) in [6.07, 6.45) is 15.9. The predicted molar refractivity (Wildman–Crippen MR) is 158 cm³/mol. The van der Waals surface area contributed by atoms with Gasteiger partial charge in [-0.15, -0.1) is 0 Å². The van der Waals surface area contributed by atoms with Crippen molar-refractivity contribution < 1.29 is 9.84 Å². The molecule has 4 aliphatic carbocycles. The summed E-state index contributed by atoms with van der Waals surface area (Å²) < 4.78 is 5.54. The number of nitrogens with zero attached hydrogens (tertiary/aromatic N) is 1. The van der Waals surface area contributed by atoms with Crippen molar-refractivity contribution in [3.05, 3.63) is 0 Å². The van der Waals surface area contributed by atoms with E-state index in [1.807, 2.05) is 0 Å². The van der Waals surface area contributed by atoms with Gasteiger partial charge in [0.05, 0.1) is 19.3 Å². The summed E-state index contributed by atoms with van der Waals surface area (Å²) in [4.78, 5) is 2.57. The molecule has 1 heterocycles. The number of hydrogen-bond acceptors (Lipinski definition) is 4. The van der Waals surface area contributed by atoms with Gasteiger partial charge in [0.15, 0.2) is 0 Å². The predicted octanol–water partition coefficient (Wildman–Crippen LogP) is 6.76. The number of morpholine rings is 1. The van der Waals surface area contributed by atoms with Crippen LogP contribution in [0.15, 0.2) is 0 Å². The van der Waals surface area contributed by atoms with Crippen LogP contribution >= 0.6 is 0 Å². The summed E-state index contributed by atoms with van der Waals surface area (Å²) in [5.74, 6) is 5.97. The smallest absolute Gasteiger partial charge is 0.0594 e. The van der Waals surface area contributed by atoms with Crippen LogP contribution in [0.25, 0.3) is 0 Å². The van der Waals surface area contributed by atoms with Crippen molar-refractivity contribution in [3.8, 4) is 0 Å². The average molecular weight is 531 g/mol. The van der Waals surface area contributed by atoms with Crippen molar-refractivity contribution in [2.75, 3.05) is 39.4 Å². The van der Waals surface area contributed by atoms with Crippen LogP contribution in [0.1, 0.15) is 112 Å².